The fourth-order valence-electron chi connectivity index (χ4n) is 2.75. The van der Waals surface area contributed by atoms with E-state index in [1.165, 1.54) is 17.8 Å². The van der Waals surface area contributed by atoms with Gasteiger partial charge in [0, 0.05) is 12.6 Å². The van der Waals surface area contributed by atoms with Gasteiger partial charge >= 0.3 is 5.97 Å². The van der Waals surface area contributed by atoms with Gasteiger partial charge < -0.3 is 14.6 Å². The number of hydrogen-bond donors (Lipinski definition) is 1. The van der Waals surface area contributed by atoms with E-state index in [9.17, 15) is 9.59 Å². The summed E-state index contributed by atoms with van der Waals surface area (Å²) in [6.45, 7) is 4.01. The molecule has 3 aromatic rings. The molecule has 0 bridgehead atoms. The summed E-state index contributed by atoms with van der Waals surface area (Å²) in [6, 6.07) is 12.6. The van der Waals surface area contributed by atoms with Crippen LogP contribution in [0.15, 0.2) is 47.6 Å². The van der Waals surface area contributed by atoms with Crippen LogP contribution in [0.4, 0.5) is 5.69 Å². The van der Waals surface area contributed by atoms with Crippen LogP contribution in [0, 0.1) is 6.92 Å². The molecule has 30 heavy (non-hydrogen) atoms. The Kier molecular flexibility index (Phi) is 7.12. The topological polar surface area (TPSA) is 86.1 Å². The number of thioether (sulfide) groups is 1. The smallest absolute Gasteiger partial charge is 0.338 e. The lowest BCUT2D eigenvalue weighted by molar-refractivity contribution is -0.113. The van der Waals surface area contributed by atoms with E-state index < -0.39 is 5.97 Å². The first-order chi connectivity index (χ1) is 14.4. The molecule has 1 N–H and O–H groups in total. The average molecular weight is 445 g/mol. The highest BCUT2D eigenvalue weighted by Gasteiger charge is 2.15. The van der Waals surface area contributed by atoms with E-state index in [4.69, 9.17) is 16.3 Å². The quantitative estimate of drug-likeness (QED) is 0.430. The van der Waals surface area contributed by atoms with Gasteiger partial charge in [0.2, 0.25) is 5.91 Å². The molecule has 1 amide bonds. The molecule has 0 fully saturated rings. The number of rotatable bonds is 7. The maximum absolute atomic E-state index is 12.4. The summed E-state index contributed by atoms with van der Waals surface area (Å²) >= 11 is 7.41. The van der Waals surface area contributed by atoms with Crippen molar-refractivity contribution < 1.29 is 14.3 Å². The predicted molar refractivity (Wildman–Crippen MR) is 118 cm³/mol. The molecule has 156 valence electrons. The number of carbonyl (C=O) groups is 2. The Morgan fingerprint density at radius 2 is 2.00 bits per heavy atom. The zero-order valence-corrected chi connectivity index (χ0v) is 18.4. The Morgan fingerprint density at radius 3 is 2.73 bits per heavy atom. The van der Waals surface area contributed by atoms with E-state index in [0.717, 1.165) is 17.0 Å². The van der Waals surface area contributed by atoms with Crippen molar-refractivity contribution in [2.75, 3.05) is 17.7 Å². The molecular formula is C21H21ClN4O3S. The zero-order valence-electron chi connectivity index (χ0n) is 16.8. The molecule has 0 saturated carbocycles. The Labute approximate surface area is 183 Å². The molecule has 0 aliphatic heterocycles. The van der Waals surface area contributed by atoms with Crippen molar-refractivity contribution in [1.82, 2.24) is 14.8 Å². The molecule has 2 aromatic carbocycles. The number of aromatic nitrogens is 3. The molecule has 3 rings (SSSR count). The SMILES string of the molecule is CCOC(=O)c1ccc(Cl)c(NC(=O)CSc2nnc(-c3cccc(C)c3)n2C)c1. The van der Waals surface area contributed by atoms with Crippen LogP contribution in [0.1, 0.15) is 22.8 Å². The second kappa shape index (κ2) is 9.77. The van der Waals surface area contributed by atoms with Crippen LogP contribution in [0.2, 0.25) is 5.02 Å². The summed E-state index contributed by atoms with van der Waals surface area (Å²) in [5, 5.41) is 12.1. The van der Waals surface area contributed by atoms with Crippen molar-refractivity contribution in [1.29, 1.82) is 0 Å². The van der Waals surface area contributed by atoms with Gasteiger partial charge in [0.05, 0.1) is 28.6 Å². The van der Waals surface area contributed by atoms with Gasteiger partial charge in [-0.2, -0.15) is 0 Å². The molecule has 0 unspecified atom stereocenters. The minimum Gasteiger partial charge on any atom is -0.462 e. The zero-order chi connectivity index (χ0) is 21.7. The number of hydrogen-bond acceptors (Lipinski definition) is 6. The number of aryl methyl sites for hydroxylation is 1. The molecule has 0 radical (unpaired) electrons. The third-order valence-electron chi connectivity index (χ3n) is 4.20. The first kappa shape index (κ1) is 21.9. The van der Waals surface area contributed by atoms with Crippen molar-refractivity contribution in [3.63, 3.8) is 0 Å². The summed E-state index contributed by atoms with van der Waals surface area (Å²) in [4.78, 5) is 24.3. The van der Waals surface area contributed by atoms with Crippen molar-refractivity contribution >= 4 is 40.9 Å². The van der Waals surface area contributed by atoms with Crippen molar-refractivity contribution in [3.8, 4) is 11.4 Å². The predicted octanol–water partition coefficient (Wildman–Crippen LogP) is 4.35. The summed E-state index contributed by atoms with van der Waals surface area (Å²) in [5.41, 5.74) is 2.77. The second-order valence-electron chi connectivity index (χ2n) is 6.49. The Hall–Kier alpha value is -2.84. The van der Waals surface area contributed by atoms with E-state index in [2.05, 4.69) is 15.5 Å². The molecule has 0 atom stereocenters. The highest BCUT2D eigenvalue weighted by molar-refractivity contribution is 7.99. The normalized spacial score (nSPS) is 10.7. The highest BCUT2D eigenvalue weighted by atomic mass is 35.5. The number of carbonyl (C=O) groups excluding carboxylic acids is 2. The number of halogens is 1. The molecule has 0 spiro atoms. The molecule has 1 aromatic heterocycles. The number of nitrogens with zero attached hydrogens (tertiary/aromatic N) is 3. The van der Waals surface area contributed by atoms with Crippen LogP contribution >= 0.6 is 23.4 Å². The van der Waals surface area contributed by atoms with Gasteiger partial charge in [0.25, 0.3) is 0 Å². The summed E-state index contributed by atoms with van der Waals surface area (Å²) in [7, 11) is 1.86. The number of anilines is 1. The van der Waals surface area contributed by atoms with Crippen LogP contribution < -0.4 is 5.32 Å². The fraction of sp³-hybridized carbons (Fsp3) is 0.238. The van der Waals surface area contributed by atoms with Crippen molar-refractivity contribution in [2.45, 2.75) is 19.0 Å². The van der Waals surface area contributed by atoms with Gasteiger partial charge in [-0.1, -0.05) is 47.1 Å². The maximum atomic E-state index is 12.4. The number of benzene rings is 2. The standard InChI is InChI=1S/C21H21ClN4O3S/c1-4-29-20(28)15-8-9-16(22)17(11-15)23-18(27)12-30-21-25-24-19(26(21)3)14-7-5-6-13(2)10-14/h5-11H,4,12H2,1-3H3,(H,23,27). The molecule has 7 nitrogen and oxygen atoms in total. The van der Waals surface area contributed by atoms with Crippen LogP contribution in [0.3, 0.4) is 0 Å². The van der Waals surface area contributed by atoms with E-state index >= 15 is 0 Å². The van der Waals surface area contributed by atoms with E-state index in [1.54, 1.807) is 19.1 Å². The lowest BCUT2D eigenvalue weighted by Gasteiger charge is -2.09. The average Bonchev–Trinajstić information content (AvgIpc) is 3.08. The first-order valence-electron chi connectivity index (χ1n) is 9.24. The minimum atomic E-state index is -0.471. The Balaban J connectivity index is 1.66. The summed E-state index contributed by atoms with van der Waals surface area (Å²) in [5.74, 6) is 0.0938. The number of ether oxygens (including phenoxy) is 1. The minimum absolute atomic E-state index is 0.111. The van der Waals surface area contributed by atoms with Gasteiger partial charge in [-0.3, -0.25) is 4.79 Å². The lowest BCUT2D eigenvalue weighted by Crippen LogP contribution is -2.15. The van der Waals surface area contributed by atoms with Crippen molar-refractivity contribution in [3.05, 3.63) is 58.6 Å². The van der Waals surface area contributed by atoms with Crippen LogP contribution in [-0.4, -0.2) is 39.0 Å². The third kappa shape index (κ3) is 5.20. The first-order valence-corrected chi connectivity index (χ1v) is 10.6. The molecule has 0 aliphatic carbocycles. The molecular weight excluding hydrogens is 424 g/mol. The summed E-state index contributed by atoms with van der Waals surface area (Å²) in [6.07, 6.45) is 0. The monoisotopic (exact) mass is 444 g/mol. The molecule has 0 saturated heterocycles. The molecule has 1 heterocycles. The number of esters is 1. The van der Waals surface area contributed by atoms with Gasteiger partial charge in [-0.05, 0) is 38.1 Å². The van der Waals surface area contributed by atoms with Gasteiger partial charge in [0.1, 0.15) is 0 Å². The fourth-order valence-corrected chi connectivity index (χ4v) is 3.63. The van der Waals surface area contributed by atoms with Gasteiger partial charge in [-0.25, -0.2) is 4.79 Å². The van der Waals surface area contributed by atoms with E-state index in [0.29, 0.717) is 21.4 Å². The summed E-state index contributed by atoms with van der Waals surface area (Å²) < 4.78 is 6.82. The van der Waals surface area contributed by atoms with E-state index in [1.807, 2.05) is 42.8 Å². The van der Waals surface area contributed by atoms with Gasteiger partial charge in [-0.15, -0.1) is 10.2 Å². The third-order valence-corrected chi connectivity index (χ3v) is 5.54. The largest absolute Gasteiger partial charge is 0.462 e. The Bertz CT molecular complexity index is 1080. The molecule has 0 aliphatic rings. The number of nitrogens with one attached hydrogen (secondary N) is 1. The van der Waals surface area contributed by atoms with Crippen LogP contribution in [0.5, 0.6) is 0 Å². The van der Waals surface area contributed by atoms with Crippen LogP contribution in [0.25, 0.3) is 11.4 Å². The van der Waals surface area contributed by atoms with Gasteiger partial charge in [0.15, 0.2) is 11.0 Å². The van der Waals surface area contributed by atoms with E-state index in [-0.39, 0.29) is 18.3 Å². The Morgan fingerprint density at radius 1 is 1.20 bits per heavy atom. The maximum Gasteiger partial charge on any atom is 0.338 e. The highest BCUT2D eigenvalue weighted by Crippen LogP contribution is 2.26. The number of amides is 1. The second-order valence-corrected chi connectivity index (χ2v) is 7.84. The molecule has 9 heteroatoms. The lowest BCUT2D eigenvalue weighted by atomic mass is 10.1. The van der Waals surface area contributed by atoms with Crippen LogP contribution in [-0.2, 0) is 16.6 Å². The van der Waals surface area contributed by atoms with Crippen molar-refractivity contribution in [2.24, 2.45) is 7.05 Å².